The van der Waals surface area contributed by atoms with Crippen molar-refractivity contribution in [1.29, 1.82) is 0 Å². The van der Waals surface area contributed by atoms with Gasteiger partial charge < -0.3 is 10.2 Å². The van der Waals surface area contributed by atoms with Gasteiger partial charge in [-0.05, 0) is 37.8 Å². The summed E-state index contributed by atoms with van der Waals surface area (Å²) in [4.78, 5) is 14.5. The topological polar surface area (TPSA) is 32.3 Å². The summed E-state index contributed by atoms with van der Waals surface area (Å²) >= 11 is 0. The van der Waals surface area contributed by atoms with Crippen LogP contribution in [-0.4, -0.2) is 36.5 Å². The quantitative estimate of drug-likeness (QED) is 0.906. The molecule has 1 aromatic carbocycles. The SMILES string of the molecule is CCC1(C(=O)N(C)CCc2ccccc2)CCCN1.Cl. The van der Waals surface area contributed by atoms with E-state index >= 15 is 0 Å². The fourth-order valence-corrected chi connectivity index (χ4v) is 2.85. The summed E-state index contributed by atoms with van der Waals surface area (Å²) < 4.78 is 0. The number of hydrogen-bond acceptors (Lipinski definition) is 2. The molecule has 0 radical (unpaired) electrons. The van der Waals surface area contributed by atoms with Crippen LogP contribution in [0.5, 0.6) is 0 Å². The molecule has 0 spiro atoms. The summed E-state index contributed by atoms with van der Waals surface area (Å²) in [6, 6.07) is 10.3. The lowest BCUT2D eigenvalue weighted by Crippen LogP contribution is -2.53. The number of amides is 1. The number of rotatable bonds is 5. The largest absolute Gasteiger partial charge is 0.344 e. The van der Waals surface area contributed by atoms with Crippen LogP contribution >= 0.6 is 12.4 Å². The van der Waals surface area contributed by atoms with Crippen LogP contribution in [0.4, 0.5) is 0 Å². The van der Waals surface area contributed by atoms with Crippen LogP contribution in [-0.2, 0) is 11.2 Å². The zero-order valence-electron chi connectivity index (χ0n) is 12.4. The molecule has 1 saturated heterocycles. The average molecular weight is 297 g/mol. The molecule has 1 fully saturated rings. The average Bonchev–Trinajstić information content (AvgIpc) is 2.95. The Balaban J connectivity index is 0.00000200. The van der Waals surface area contributed by atoms with Gasteiger partial charge in [-0.2, -0.15) is 0 Å². The van der Waals surface area contributed by atoms with E-state index in [0.717, 1.165) is 38.8 Å². The summed E-state index contributed by atoms with van der Waals surface area (Å²) in [6.45, 7) is 3.85. The molecule has 1 aliphatic heterocycles. The third-order valence-corrected chi connectivity index (χ3v) is 4.18. The molecular weight excluding hydrogens is 272 g/mol. The van der Waals surface area contributed by atoms with Gasteiger partial charge in [-0.1, -0.05) is 37.3 Å². The van der Waals surface area contributed by atoms with E-state index in [1.807, 2.05) is 30.1 Å². The third kappa shape index (κ3) is 3.74. The number of carbonyl (C=O) groups excluding carboxylic acids is 1. The Hall–Kier alpha value is -1.06. The molecule has 1 N–H and O–H groups in total. The van der Waals surface area contributed by atoms with Crippen molar-refractivity contribution in [2.45, 2.75) is 38.1 Å². The first-order valence-corrected chi connectivity index (χ1v) is 7.22. The zero-order chi connectivity index (χ0) is 13.7. The smallest absolute Gasteiger partial charge is 0.242 e. The fraction of sp³-hybridized carbons (Fsp3) is 0.562. The van der Waals surface area contributed by atoms with Crippen molar-refractivity contribution >= 4 is 18.3 Å². The summed E-state index contributed by atoms with van der Waals surface area (Å²) in [5.41, 5.74) is 0.984. The molecule has 1 unspecified atom stereocenters. The normalized spacial score (nSPS) is 21.3. The molecule has 0 saturated carbocycles. The molecule has 112 valence electrons. The maximum atomic E-state index is 12.6. The molecule has 0 bridgehead atoms. The van der Waals surface area contributed by atoms with Gasteiger partial charge in [0.1, 0.15) is 0 Å². The number of nitrogens with zero attached hydrogens (tertiary/aromatic N) is 1. The molecule has 1 atom stereocenters. The lowest BCUT2D eigenvalue weighted by molar-refractivity contribution is -0.136. The molecule has 1 heterocycles. The zero-order valence-corrected chi connectivity index (χ0v) is 13.2. The second-order valence-electron chi connectivity index (χ2n) is 5.43. The summed E-state index contributed by atoms with van der Waals surface area (Å²) in [6.07, 6.45) is 3.87. The highest BCUT2D eigenvalue weighted by molar-refractivity contribution is 5.86. The first kappa shape index (κ1) is 17.0. The number of halogens is 1. The second-order valence-corrected chi connectivity index (χ2v) is 5.43. The molecule has 3 nitrogen and oxygen atoms in total. The van der Waals surface area contributed by atoms with Crippen molar-refractivity contribution in [3.8, 4) is 0 Å². The maximum Gasteiger partial charge on any atom is 0.242 e. The maximum absolute atomic E-state index is 12.6. The van der Waals surface area contributed by atoms with Crippen LogP contribution in [0.25, 0.3) is 0 Å². The van der Waals surface area contributed by atoms with Gasteiger partial charge in [0.25, 0.3) is 0 Å². The third-order valence-electron chi connectivity index (χ3n) is 4.18. The van der Waals surface area contributed by atoms with E-state index in [1.165, 1.54) is 5.56 Å². The van der Waals surface area contributed by atoms with E-state index in [0.29, 0.717) is 0 Å². The number of carbonyl (C=O) groups is 1. The molecule has 20 heavy (non-hydrogen) atoms. The van der Waals surface area contributed by atoms with Gasteiger partial charge in [-0.15, -0.1) is 12.4 Å². The molecule has 4 heteroatoms. The van der Waals surface area contributed by atoms with Crippen molar-refractivity contribution in [3.05, 3.63) is 35.9 Å². The molecule has 1 aromatic rings. The minimum atomic E-state index is -0.300. The summed E-state index contributed by atoms with van der Waals surface area (Å²) in [5, 5.41) is 3.41. The van der Waals surface area contributed by atoms with Crippen molar-refractivity contribution in [3.63, 3.8) is 0 Å². The Bertz CT molecular complexity index is 416. The minimum Gasteiger partial charge on any atom is -0.344 e. The van der Waals surface area contributed by atoms with Crippen molar-refractivity contribution in [2.75, 3.05) is 20.1 Å². The van der Waals surface area contributed by atoms with Gasteiger partial charge in [0, 0.05) is 13.6 Å². The highest BCUT2D eigenvalue weighted by atomic mass is 35.5. The summed E-state index contributed by atoms with van der Waals surface area (Å²) in [5.74, 6) is 0.253. The van der Waals surface area contributed by atoms with Gasteiger partial charge >= 0.3 is 0 Å². The Kier molecular flexibility index (Phi) is 6.50. The van der Waals surface area contributed by atoms with Gasteiger partial charge in [0.15, 0.2) is 0 Å². The predicted octanol–water partition coefficient (Wildman–Crippen LogP) is 2.64. The van der Waals surface area contributed by atoms with Crippen molar-refractivity contribution < 1.29 is 4.79 Å². The van der Waals surface area contributed by atoms with E-state index in [4.69, 9.17) is 0 Å². The minimum absolute atomic E-state index is 0. The van der Waals surface area contributed by atoms with Gasteiger partial charge in [0.2, 0.25) is 5.91 Å². The van der Waals surface area contributed by atoms with Crippen molar-refractivity contribution in [2.24, 2.45) is 0 Å². The van der Waals surface area contributed by atoms with Gasteiger partial charge in [-0.25, -0.2) is 0 Å². The second kappa shape index (κ2) is 7.65. The molecule has 0 aromatic heterocycles. The predicted molar refractivity (Wildman–Crippen MR) is 85.3 cm³/mol. The Labute approximate surface area is 128 Å². The van der Waals surface area contributed by atoms with Crippen molar-refractivity contribution in [1.82, 2.24) is 10.2 Å². The highest BCUT2D eigenvalue weighted by Gasteiger charge is 2.40. The number of likely N-dealkylation sites (N-methyl/N-ethyl adjacent to an activating group) is 1. The Morgan fingerprint density at radius 3 is 2.60 bits per heavy atom. The number of hydrogen-bond donors (Lipinski definition) is 1. The van der Waals surface area contributed by atoms with E-state index in [9.17, 15) is 4.79 Å². The van der Waals surface area contributed by atoms with Crippen LogP contribution in [0.15, 0.2) is 30.3 Å². The monoisotopic (exact) mass is 296 g/mol. The molecule has 1 aliphatic rings. The van der Waals surface area contributed by atoms with Crippen LogP contribution < -0.4 is 5.32 Å². The molecule has 2 rings (SSSR count). The first-order chi connectivity index (χ1) is 9.18. The van der Waals surface area contributed by atoms with Gasteiger partial charge in [0.05, 0.1) is 5.54 Å². The van der Waals surface area contributed by atoms with E-state index in [2.05, 4.69) is 24.4 Å². The van der Waals surface area contributed by atoms with E-state index in [1.54, 1.807) is 0 Å². The van der Waals surface area contributed by atoms with Gasteiger partial charge in [-0.3, -0.25) is 4.79 Å². The van der Waals surface area contributed by atoms with Crippen LogP contribution in [0.2, 0.25) is 0 Å². The lowest BCUT2D eigenvalue weighted by atomic mass is 9.92. The Morgan fingerprint density at radius 1 is 1.35 bits per heavy atom. The summed E-state index contributed by atoms with van der Waals surface area (Å²) in [7, 11) is 1.92. The standard InChI is InChI=1S/C16H24N2O.ClH/c1-3-16(11-7-12-17-16)15(19)18(2)13-10-14-8-5-4-6-9-14;/h4-6,8-9,17H,3,7,10-13H2,1-2H3;1H. The molecular formula is C16H25ClN2O. The van der Waals surface area contributed by atoms with E-state index < -0.39 is 0 Å². The molecule has 0 aliphatic carbocycles. The lowest BCUT2D eigenvalue weighted by Gasteiger charge is -2.31. The highest BCUT2D eigenvalue weighted by Crippen LogP contribution is 2.25. The van der Waals surface area contributed by atoms with Crippen LogP contribution in [0.1, 0.15) is 31.7 Å². The Morgan fingerprint density at radius 2 is 2.05 bits per heavy atom. The molecule has 1 amide bonds. The first-order valence-electron chi connectivity index (χ1n) is 7.22. The van der Waals surface area contributed by atoms with Crippen LogP contribution in [0.3, 0.4) is 0 Å². The van der Waals surface area contributed by atoms with E-state index in [-0.39, 0.29) is 23.9 Å². The number of nitrogens with one attached hydrogen (secondary N) is 1. The van der Waals surface area contributed by atoms with Crippen LogP contribution in [0, 0.1) is 0 Å². The fourth-order valence-electron chi connectivity index (χ4n) is 2.85. The number of benzene rings is 1.